The van der Waals surface area contributed by atoms with Crippen molar-refractivity contribution in [3.63, 3.8) is 0 Å². The minimum absolute atomic E-state index is 0. The van der Waals surface area contributed by atoms with Gasteiger partial charge in [0.25, 0.3) is 0 Å². The van der Waals surface area contributed by atoms with E-state index in [1.54, 1.807) is 0 Å². The van der Waals surface area contributed by atoms with E-state index in [0.717, 1.165) is 30.0 Å². The molecule has 0 unspecified atom stereocenters. The molecule has 134 valence electrons. The maximum atomic E-state index is 5.37. The van der Waals surface area contributed by atoms with Crippen LogP contribution in [-0.4, -0.2) is 14.7 Å². The number of nitrogens with zero attached hydrogens (tertiary/aromatic N) is 4. The molecule has 2 heterocycles. The molecule has 0 saturated carbocycles. The predicted octanol–water partition coefficient (Wildman–Crippen LogP) is 0.869. The average Bonchev–Trinajstić information content (AvgIpc) is 3.24. The van der Waals surface area contributed by atoms with Crippen molar-refractivity contribution in [2.45, 2.75) is 45.4 Å². The first kappa shape index (κ1) is 19.6. The number of halogens is 1. The first-order chi connectivity index (χ1) is 11.8. The summed E-state index contributed by atoms with van der Waals surface area (Å²) < 4.78 is 9.46. The van der Waals surface area contributed by atoms with Crippen LogP contribution < -0.4 is 28.5 Å². The number of hydrogen-bond donors (Lipinski definition) is 0. The van der Waals surface area contributed by atoms with E-state index in [2.05, 4.69) is 33.8 Å². The molecule has 2 aromatic heterocycles. The molecule has 5 nitrogen and oxygen atoms in total. The van der Waals surface area contributed by atoms with Gasteiger partial charge in [-0.05, 0) is 30.7 Å². The fraction of sp³-hybridized carbons (Fsp3) is 0.421. The molecule has 0 aliphatic carbocycles. The summed E-state index contributed by atoms with van der Waals surface area (Å²) in [5.74, 6) is 1.41. The Bertz CT molecular complexity index is 764. The number of aryl methyl sites for hydroxylation is 2. The van der Waals surface area contributed by atoms with Crippen molar-refractivity contribution >= 4 is 0 Å². The molecule has 25 heavy (non-hydrogen) atoms. The van der Waals surface area contributed by atoms with Gasteiger partial charge in [0.15, 0.2) is 0 Å². The number of unbranched alkanes of at least 4 members (excludes halogenated alkanes) is 4. The summed E-state index contributed by atoms with van der Waals surface area (Å²) in [6, 6.07) is 8.20. The fourth-order valence-corrected chi connectivity index (χ4v) is 2.74. The van der Waals surface area contributed by atoms with E-state index in [1.165, 1.54) is 25.7 Å². The second-order valence-corrected chi connectivity index (χ2v) is 6.21. The third-order valence-corrected chi connectivity index (χ3v) is 4.15. The first-order valence-corrected chi connectivity index (χ1v) is 8.73. The normalized spacial score (nSPS) is 10.6. The number of benzene rings is 1. The third kappa shape index (κ3) is 5.39. The Kier molecular flexibility index (Phi) is 7.61. The molecular formula is C19H25IN4O. The number of aromatic nitrogens is 4. The molecule has 3 rings (SSSR count). The van der Waals surface area contributed by atoms with Gasteiger partial charge in [0.2, 0.25) is 18.0 Å². The fourth-order valence-electron chi connectivity index (χ4n) is 2.74. The van der Waals surface area contributed by atoms with E-state index in [0.29, 0.717) is 5.82 Å². The van der Waals surface area contributed by atoms with E-state index < -0.39 is 0 Å². The van der Waals surface area contributed by atoms with Gasteiger partial charge in [-0.3, -0.25) is 0 Å². The van der Waals surface area contributed by atoms with Gasteiger partial charge in [-0.1, -0.05) is 37.8 Å². The largest absolute Gasteiger partial charge is 1.00 e. The average molecular weight is 452 g/mol. The Balaban J connectivity index is 0.00000225. The monoisotopic (exact) mass is 452 g/mol. The standard InChI is InChI=1S/C19H25N4O.HI/c1-3-4-5-6-7-8-18-20-19(21-24-18)16-9-11-17(12-10-16)23-14-13-22(2)15-23;/h9-15H,3-8H2,1-2H3;1H/q+1;/p-1. The highest BCUT2D eigenvalue weighted by molar-refractivity contribution is 5.56. The molecule has 6 heteroatoms. The quantitative estimate of drug-likeness (QED) is 0.290. The van der Waals surface area contributed by atoms with Crippen LogP contribution in [0.3, 0.4) is 0 Å². The SMILES string of the molecule is CCCCCCCc1nc(-c2ccc(-n3cc[n+](C)c3)cc2)no1.[I-]. The second-order valence-electron chi connectivity index (χ2n) is 6.21. The first-order valence-electron chi connectivity index (χ1n) is 8.73. The Morgan fingerprint density at radius 2 is 1.84 bits per heavy atom. The van der Waals surface area contributed by atoms with Crippen LogP contribution >= 0.6 is 0 Å². The van der Waals surface area contributed by atoms with Gasteiger partial charge in [-0.2, -0.15) is 4.98 Å². The van der Waals surface area contributed by atoms with E-state index in [1.807, 2.05) is 42.5 Å². The zero-order chi connectivity index (χ0) is 16.8. The maximum absolute atomic E-state index is 5.37. The summed E-state index contributed by atoms with van der Waals surface area (Å²) in [6.45, 7) is 2.23. The van der Waals surface area contributed by atoms with Gasteiger partial charge in [-0.15, -0.1) is 0 Å². The molecule has 1 aromatic carbocycles. The highest BCUT2D eigenvalue weighted by Crippen LogP contribution is 2.19. The van der Waals surface area contributed by atoms with Crippen LogP contribution in [0.4, 0.5) is 0 Å². The molecular weight excluding hydrogens is 427 g/mol. The van der Waals surface area contributed by atoms with Gasteiger partial charge in [0, 0.05) is 12.0 Å². The van der Waals surface area contributed by atoms with Crippen LogP contribution in [0, 0.1) is 0 Å². The minimum Gasteiger partial charge on any atom is -1.00 e. The molecule has 0 saturated heterocycles. The Labute approximate surface area is 166 Å². The lowest BCUT2D eigenvalue weighted by molar-refractivity contribution is -0.670. The van der Waals surface area contributed by atoms with Crippen LogP contribution in [0.1, 0.15) is 44.9 Å². The second kappa shape index (κ2) is 9.70. The number of hydrogen-bond acceptors (Lipinski definition) is 3. The van der Waals surface area contributed by atoms with Crippen LogP contribution in [0.15, 0.2) is 47.5 Å². The van der Waals surface area contributed by atoms with Gasteiger partial charge < -0.3 is 28.5 Å². The van der Waals surface area contributed by atoms with Crippen molar-refractivity contribution in [1.82, 2.24) is 14.7 Å². The topological polar surface area (TPSA) is 47.7 Å². The van der Waals surface area contributed by atoms with Crippen LogP contribution in [0.2, 0.25) is 0 Å². The van der Waals surface area contributed by atoms with Gasteiger partial charge in [0.1, 0.15) is 18.1 Å². The van der Waals surface area contributed by atoms with E-state index >= 15 is 0 Å². The van der Waals surface area contributed by atoms with Crippen molar-refractivity contribution in [3.05, 3.63) is 48.9 Å². The van der Waals surface area contributed by atoms with E-state index in [-0.39, 0.29) is 24.0 Å². The smallest absolute Gasteiger partial charge is 0.248 e. The lowest BCUT2D eigenvalue weighted by Crippen LogP contribution is -3.00. The molecule has 3 aromatic rings. The molecule has 0 aliphatic rings. The minimum atomic E-state index is 0. The third-order valence-electron chi connectivity index (χ3n) is 4.15. The molecule has 0 spiro atoms. The Hall–Kier alpha value is -1.70. The molecule has 0 N–H and O–H groups in total. The van der Waals surface area contributed by atoms with Gasteiger partial charge in [0.05, 0.1) is 7.05 Å². The van der Waals surface area contributed by atoms with Gasteiger partial charge >= 0.3 is 0 Å². The zero-order valence-corrected chi connectivity index (χ0v) is 17.0. The molecule has 0 aliphatic heterocycles. The highest BCUT2D eigenvalue weighted by atomic mass is 127. The van der Waals surface area contributed by atoms with E-state index in [9.17, 15) is 0 Å². The summed E-state index contributed by atoms with van der Waals surface area (Å²) in [5, 5.41) is 4.11. The van der Waals surface area contributed by atoms with Crippen molar-refractivity contribution in [1.29, 1.82) is 0 Å². The summed E-state index contributed by atoms with van der Waals surface area (Å²) in [6.07, 6.45) is 13.1. The van der Waals surface area contributed by atoms with Crippen LogP contribution in [0.25, 0.3) is 17.1 Å². The maximum Gasteiger partial charge on any atom is 0.248 e. The van der Waals surface area contributed by atoms with Crippen LogP contribution in [-0.2, 0) is 13.5 Å². The summed E-state index contributed by atoms with van der Waals surface area (Å²) in [7, 11) is 2.01. The highest BCUT2D eigenvalue weighted by Gasteiger charge is 2.10. The van der Waals surface area contributed by atoms with Crippen molar-refractivity contribution in [3.8, 4) is 17.1 Å². The molecule has 0 radical (unpaired) electrons. The molecule has 0 amide bonds. The lowest BCUT2D eigenvalue weighted by Gasteiger charge is -1.97. The summed E-state index contributed by atoms with van der Waals surface area (Å²) in [4.78, 5) is 4.52. The summed E-state index contributed by atoms with van der Waals surface area (Å²) >= 11 is 0. The van der Waals surface area contributed by atoms with Crippen LogP contribution in [0.5, 0.6) is 0 Å². The van der Waals surface area contributed by atoms with E-state index in [4.69, 9.17) is 4.52 Å². The number of rotatable bonds is 8. The predicted molar refractivity (Wildman–Crippen MR) is 92.7 cm³/mol. The molecule has 0 fully saturated rings. The lowest BCUT2D eigenvalue weighted by atomic mass is 10.1. The summed E-state index contributed by atoms with van der Waals surface area (Å²) in [5.41, 5.74) is 2.09. The van der Waals surface area contributed by atoms with Gasteiger partial charge in [-0.25, -0.2) is 9.13 Å². The number of imidazole rings is 1. The van der Waals surface area contributed by atoms with Crippen molar-refractivity contribution in [2.24, 2.45) is 7.05 Å². The Morgan fingerprint density at radius 1 is 1.08 bits per heavy atom. The zero-order valence-electron chi connectivity index (χ0n) is 14.9. The molecule has 0 bridgehead atoms. The molecule has 0 atom stereocenters. The Morgan fingerprint density at radius 3 is 2.52 bits per heavy atom. The van der Waals surface area contributed by atoms with Crippen molar-refractivity contribution in [2.75, 3.05) is 0 Å². The van der Waals surface area contributed by atoms with Crippen molar-refractivity contribution < 1.29 is 33.1 Å².